The van der Waals surface area contributed by atoms with Gasteiger partial charge in [-0.1, -0.05) is 12.1 Å². The molecule has 7 nitrogen and oxygen atoms in total. The molecule has 0 unspecified atom stereocenters. The summed E-state index contributed by atoms with van der Waals surface area (Å²) in [5, 5.41) is 14.8. The first-order valence-corrected chi connectivity index (χ1v) is 8.02. The number of fused-ring (bicyclic) bond motifs is 1. The number of benzene rings is 2. The van der Waals surface area contributed by atoms with E-state index in [1.165, 1.54) is 18.2 Å². The van der Waals surface area contributed by atoms with Crippen molar-refractivity contribution >= 4 is 42.7 Å². The van der Waals surface area contributed by atoms with Crippen molar-refractivity contribution in [1.29, 1.82) is 0 Å². The minimum absolute atomic E-state index is 0.0463. The Labute approximate surface area is 127 Å². The maximum Gasteiger partial charge on any atom is 0.262 e. The summed E-state index contributed by atoms with van der Waals surface area (Å²) in [6, 6.07) is 10.8. The van der Waals surface area contributed by atoms with Gasteiger partial charge < -0.3 is 5.21 Å². The molecule has 0 aliphatic carbocycles. The van der Waals surface area contributed by atoms with E-state index in [1.807, 2.05) is 0 Å². The lowest BCUT2D eigenvalue weighted by atomic mass is 10.3. The summed E-state index contributed by atoms with van der Waals surface area (Å²) in [4.78, 5) is 0.103. The van der Waals surface area contributed by atoms with Crippen LogP contribution in [0.3, 0.4) is 0 Å². The minimum atomic E-state index is -3.82. The fourth-order valence-electron chi connectivity index (χ4n) is 1.77. The van der Waals surface area contributed by atoms with Gasteiger partial charge in [-0.05, 0) is 45.1 Å². The highest BCUT2D eigenvalue weighted by Gasteiger charge is 2.19. The average molecular weight is 370 g/mol. The molecule has 9 heteroatoms. The second-order valence-corrected chi connectivity index (χ2v) is 6.70. The monoisotopic (exact) mass is 369 g/mol. The van der Waals surface area contributed by atoms with Crippen LogP contribution in [0.1, 0.15) is 0 Å². The molecule has 3 rings (SSSR count). The number of nitrogens with one attached hydrogen (secondary N) is 1. The molecule has 0 spiro atoms. The fraction of sp³-hybridized carbons (Fsp3) is 0. The number of sulfonamides is 1. The average Bonchev–Trinajstić information content (AvgIpc) is 2.82. The number of rotatable bonds is 3. The van der Waals surface area contributed by atoms with Gasteiger partial charge >= 0.3 is 0 Å². The zero-order chi connectivity index (χ0) is 15.0. The lowest BCUT2D eigenvalue weighted by Crippen LogP contribution is -2.23. The first-order valence-electron chi connectivity index (χ1n) is 5.74. The van der Waals surface area contributed by atoms with Crippen LogP contribution in [0.25, 0.3) is 11.0 Å². The summed E-state index contributed by atoms with van der Waals surface area (Å²) >= 11 is 3.26. The Morgan fingerprint density at radius 2 is 2.00 bits per heavy atom. The van der Waals surface area contributed by atoms with E-state index < -0.39 is 10.0 Å². The molecule has 0 fully saturated rings. The van der Waals surface area contributed by atoms with Gasteiger partial charge in [0.1, 0.15) is 0 Å². The van der Waals surface area contributed by atoms with Crippen LogP contribution >= 0.6 is 15.9 Å². The summed E-state index contributed by atoms with van der Waals surface area (Å²) in [5.74, 6) is 0. The highest BCUT2D eigenvalue weighted by Crippen LogP contribution is 2.25. The molecule has 0 atom stereocenters. The number of halogens is 1. The van der Waals surface area contributed by atoms with Crippen LogP contribution < -0.4 is 9.63 Å². The van der Waals surface area contributed by atoms with Crippen molar-refractivity contribution in [2.75, 3.05) is 4.72 Å². The van der Waals surface area contributed by atoms with E-state index >= 15 is 0 Å². The van der Waals surface area contributed by atoms with Gasteiger partial charge in [0, 0.05) is 15.7 Å². The van der Waals surface area contributed by atoms with Gasteiger partial charge in [-0.25, -0.2) is 8.42 Å². The predicted molar refractivity (Wildman–Crippen MR) is 77.9 cm³/mol. The van der Waals surface area contributed by atoms with Gasteiger partial charge in [0.05, 0.1) is 10.6 Å². The molecule has 0 amide bonds. The molecule has 1 aromatic heterocycles. The van der Waals surface area contributed by atoms with Gasteiger partial charge in [-0.2, -0.15) is 0 Å². The van der Waals surface area contributed by atoms with Crippen molar-refractivity contribution in [2.45, 2.75) is 4.90 Å². The van der Waals surface area contributed by atoms with Crippen LogP contribution in [0.15, 0.2) is 56.5 Å². The highest BCUT2D eigenvalue weighted by atomic mass is 79.9. The Bertz CT molecular complexity index is 923. The van der Waals surface area contributed by atoms with Crippen molar-refractivity contribution in [3.63, 3.8) is 0 Å². The summed E-state index contributed by atoms with van der Waals surface area (Å²) in [7, 11) is -3.82. The molecule has 0 saturated heterocycles. The third-order valence-corrected chi connectivity index (χ3v) is 4.84. The Morgan fingerprint density at radius 3 is 2.76 bits per heavy atom. The summed E-state index contributed by atoms with van der Waals surface area (Å²) in [6.07, 6.45) is 0. The lowest BCUT2D eigenvalue weighted by Gasteiger charge is -2.09. The van der Waals surface area contributed by atoms with Crippen LogP contribution in [-0.2, 0) is 10.0 Å². The van der Waals surface area contributed by atoms with Crippen molar-refractivity contribution in [3.05, 3.63) is 52.1 Å². The number of hydrogen-bond acceptors (Lipinski definition) is 5. The first kappa shape index (κ1) is 13.8. The Morgan fingerprint density at radius 1 is 1.24 bits per heavy atom. The van der Waals surface area contributed by atoms with E-state index in [0.29, 0.717) is 10.2 Å². The molecule has 0 saturated carbocycles. The van der Waals surface area contributed by atoms with E-state index in [-0.39, 0.29) is 20.8 Å². The van der Waals surface area contributed by atoms with Crippen LogP contribution in [0.5, 0.6) is 0 Å². The molecule has 108 valence electrons. The molecular weight excluding hydrogens is 362 g/mol. The Kier molecular flexibility index (Phi) is 3.30. The number of para-hydroxylation sites is 1. The molecule has 0 aliphatic rings. The van der Waals surface area contributed by atoms with E-state index in [4.69, 9.17) is 0 Å². The second kappa shape index (κ2) is 5.01. The standard InChI is InChI=1S/C12H8BrN3O4S/c13-9-3-1-2-4-10(9)15-21(18,19)8-5-6-11-12(7-8)16(17)20-14-11/h1-7,15H. The maximum atomic E-state index is 12.3. The maximum absolute atomic E-state index is 12.3. The van der Waals surface area contributed by atoms with Crippen LogP contribution in [0.4, 0.5) is 5.69 Å². The van der Waals surface area contributed by atoms with Gasteiger partial charge in [-0.3, -0.25) is 9.35 Å². The summed E-state index contributed by atoms with van der Waals surface area (Å²) in [5.41, 5.74) is 0.729. The Balaban J connectivity index is 2.04. The molecule has 2 aromatic carbocycles. The fourth-order valence-corrected chi connectivity index (χ4v) is 3.38. The SMILES string of the molecule is O=S(=O)(Nc1ccccc1Br)c1ccc2no[n+]([O-])c2c1. The molecule has 21 heavy (non-hydrogen) atoms. The normalized spacial score (nSPS) is 11.7. The largest absolute Gasteiger partial charge is 0.359 e. The zero-order valence-electron chi connectivity index (χ0n) is 10.4. The van der Waals surface area contributed by atoms with Crippen molar-refractivity contribution in [1.82, 2.24) is 5.16 Å². The quantitative estimate of drug-likeness (QED) is 0.712. The Hall–Kier alpha value is -2.13. The molecular formula is C12H8BrN3O4S. The number of aromatic nitrogens is 2. The van der Waals surface area contributed by atoms with Crippen LogP contribution in [-0.4, -0.2) is 13.6 Å². The summed E-state index contributed by atoms with van der Waals surface area (Å²) in [6.45, 7) is 0. The van der Waals surface area contributed by atoms with E-state index in [2.05, 4.69) is 30.4 Å². The van der Waals surface area contributed by atoms with Crippen LogP contribution in [0, 0.1) is 5.21 Å². The third-order valence-electron chi connectivity index (χ3n) is 2.79. The second-order valence-electron chi connectivity index (χ2n) is 4.17. The van der Waals surface area contributed by atoms with Gasteiger partial charge in [0.15, 0.2) is 0 Å². The van der Waals surface area contributed by atoms with E-state index in [0.717, 1.165) is 0 Å². The molecule has 1 heterocycles. The van der Waals surface area contributed by atoms with Crippen LogP contribution in [0.2, 0.25) is 0 Å². The lowest BCUT2D eigenvalue weighted by molar-refractivity contribution is -0.782. The van der Waals surface area contributed by atoms with Gasteiger partial charge in [0.2, 0.25) is 11.0 Å². The topological polar surface area (TPSA) is 99.1 Å². The molecule has 0 radical (unpaired) electrons. The number of hydrogen-bond donors (Lipinski definition) is 1. The number of nitrogens with zero attached hydrogens (tertiary/aromatic N) is 2. The molecule has 0 aliphatic heterocycles. The zero-order valence-corrected chi connectivity index (χ0v) is 12.8. The third kappa shape index (κ3) is 2.57. The van der Waals surface area contributed by atoms with Crippen molar-refractivity contribution in [3.8, 4) is 0 Å². The van der Waals surface area contributed by atoms with Crippen molar-refractivity contribution < 1.29 is 17.9 Å². The number of anilines is 1. The van der Waals surface area contributed by atoms with Gasteiger partial charge in [0.25, 0.3) is 10.0 Å². The predicted octanol–water partition coefficient (Wildman–Crippen LogP) is 2.02. The van der Waals surface area contributed by atoms with Gasteiger partial charge in [-0.15, -0.1) is 0 Å². The molecule has 3 aromatic rings. The summed E-state index contributed by atoms with van der Waals surface area (Å²) < 4.78 is 32.1. The molecule has 0 bridgehead atoms. The molecule has 1 N–H and O–H groups in total. The van der Waals surface area contributed by atoms with E-state index in [9.17, 15) is 13.6 Å². The van der Waals surface area contributed by atoms with E-state index in [1.54, 1.807) is 24.3 Å². The minimum Gasteiger partial charge on any atom is -0.359 e. The smallest absolute Gasteiger partial charge is 0.262 e. The van der Waals surface area contributed by atoms with Crippen molar-refractivity contribution in [2.24, 2.45) is 0 Å². The first-order chi connectivity index (χ1) is 9.97. The highest BCUT2D eigenvalue weighted by molar-refractivity contribution is 9.10.